The van der Waals surface area contributed by atoms with Crippen molar-refractivity contribution in [3.05, 3.63) is 35.1 Å². The summed E-state index contributed by atoms with van der Waals surface area (Å²) in [7, 11) is 0. The monoisotopic (exact) mass is 237 g/mol. The van der Waals surface area contributed by atoms with E-state index in [1.807, 2.05) is 17.8 Å². The molecule has 86 valence electrons. The molecule has 3 rings (SSSR count). The smallest absolute Gasteiger partial charge is 0.123 e. The van der Waals surface area contributed by atoms with Gasteiger partial charge in [0.1, 0.15) is 5.82 Å². The van der Waals surface area contributed by atoms with E-state index in [4.69, 9.17) is 0 Å². The molecule has 2 aliphatic rings. The summed E-state index contributed by atoms with van der Waals surface area (Å²) in [5.74, 6) is 1.07. The van der Waals surface area contributed by atoms with Crippen LogP contribution in [-0.4, -0.2) is 11.8 Å². The van der Waals surface area contributed by atoms with E-state index >= 15 is 0 Å². The van der Waals surface area contributed by atoms with Gasteiger partial charge < -0.3 is 0 Å². The van der Waals surface area contributed by atoms with Crippen LogP contribution < -0.4 is 5.32 Å². The van der Waals surface area contributed by atoms with Crippen molar-refractivity contribution in [1.82, 2.24) is 5.32 Å². The number of hydrogen-bond acceptors (Lipinski definition) is 2. The average molecular weight is 237 g/mol. The zero-order valence-electron chi connectivity index (χ0n) is 9.42. The number of halogens is 1. The number of benzene rings is 1. The lowest BCUT2D eigenvalue weighted by molar-refractivity contribution is 0.440. The van der Waals surface area contributed by atoms with Gasteiger partial charge in [0.2, 0.25) is 0 Å². The lowest BCUT2D eigenvalue weighted by atomic mass is 10.1. The van der Waals surface area contributed by atoms with Gasteiger partial charge in [-0.2, -0.15) is 0 Å². The topological polar surface area (TPSA) is 12.0 Å². The first-order valence-electron chi connectivity index (χ1n) is 5.94. The average Bonchev–Trinajstić information content (AvgIpc) is 2.85. The highest BCUT2D eigenvalue weighted by Crippen LogP contribution is 2.49. The molecule has 1 N–H and O–H groups in total. The van der Waals surface area contributed by atoms with Crippen molar-refractivity contribution in [3.63, 3.8) is 0 Å². The Morgan fingerprint density at radius 2 is 2.44 bits per heavy atom. The quantitative estimate of drug-likeness (QED) is 0.805. The molecule has 1 fully saturated rings. The van der Waals surface area contributed by atoms with Crippen molar-refractivity contribution in [2.45, 2.75) is 37.1 Å². The Balaban J connectivity index is 1.97. The number of fused-ring (bicyclic) bond motifs is 2. The second-order valence-electron chi connectivity index (χ2n) is 4.69. The first-order chi connectivity index (χ1) is 7.73. The van der Waals surface area contributed by atoms with Gasteiger partial charge in [0, 0.05) is 11.8 Å². The van der Waals surface area contributed by atoms with Gasteiger partial charge in [-0.05, 0) is 42.5 Å². The second-order valence-corrected chi connectivity index (χ2v) is 6.01. The molecule has 0 radical (unpaired) electrons. The maximum Gasteiger partial charge on any atom is 0.123 e. The predicted molar refractivity (Wildman–Crippen MR) is 66.1 cm³/mol. The Kier molecular flexibility index (Phi) is 2.48. The molecule has 0 aromatic heterocycles. The van der Waals surface area contributed by atoms with Crippen LogP contribution in [-0.2, 0) is 11.3 Å². The van der Waals surface area contributed by atoms with Crippen molar-refractivity contribution >= 4 is 11.8 Å². The summed E-state index contributed by atoms with van der Waals surface area (Å²) in [6.45, 7) is 2.22. The minimum absolute atomic E-state index is 0.0870. The molecule has 2 atom stereocenters. The van der Waals surface area contributed by atoms with Gasteiger partial charge in [-0.3, -0.25) is 5.32 Å². The zero-order valence-corrected chi connectivity index (χ0v) is 10.2. The van der Waals surface area contributed by atoms with E-state index in [0.717, 1.165) is 12.8 Å². The summed E-state index contributed by atoms with van der Waals surface area (Å²) in [5, 5.41) is 3.73. The van der Waals surface area contributed by atoms with E-state index in [1.165, 1.54) is 23.3 Å². The highest BCUT2D eigenvalue weighted by Gasteiger charge is 2.44. The number of rotatable bonds is 1. The van der Waals surface area contributed by atoms with E-state index in [9.17, 15) is 4.39 Å². The lowest BCUT2D eigenvalue weighted by Crippen LogP contribution is -2.37. The predicted octanol–water partition coefficient (Wildman–Crippen LogP) is 3.04. The maximum atomic E-state index is 13.2. The summed E-state index contributed by atoms with van der Waals surface area (Å²) in [4.78, 5) is 0.0870. The van der Waals surface area contributed by atoms with Crippen molar-refractivity contribution in [3.8, 4) is 0 Å². The van der Waals surface area contributed by atoms with Crippen LogP contribution in [0.3, 0.4) is 0 Å². The Morgan fingerprint density at radius 3 is 3.19 bits per heavy atom. The molecule has 0 amide bonds. The highest BCUT2D eigenvalue weighted by atomic mass is 32.2. The lowest BCUT2D eigenvalue weighted by Gasteiger charge is -2.25. The third-order valence-corrected chi connectivity index (χ3v) is 5.31. The Bertz CT molecular complexity index is 420. The molecule has 1 aromatic carbocycles. The van der Waals surface area contributed by atoms with Gasteiger partial charge in [-0.25, -0.2) is 4.39 Å². The van der Waals surface area contributed by atoms with E-state index in [1.54, 1.807) is 12.1 Å². The van der Waals surface area contributed by atoms with Gasteiger partial charge in [-0.1, -0.05) is 13.0 Å². The molecule has 1 aromatic rings. The van der Waals surface area contributed by atoms with Crippen LogP contribution in [0.15, 0.2) is 18.2 Å². The number of hydrogen-bond donors (Lipinski definition) is 1. The number of nitrogens with one attached hydrogen (secondary N) is 1. The summed E-state index contributed by atoms with van der Waals surface area (Å²) in [5.41, 5.74) is 2.51. The largest absolute Gasteiger partial charge is 0.295 e. The standard InChI is InChI=1S/C13H16FNS/c1-2-11-8-16-13(15-11)6-5-9-7-10(14)3-4-12(9)13/h3-4,7,11,15H,2,5-6,8H2,1H3. The Morgan fingerprint density at radius 1 is 1.56 bits per heavy atom. The third kappa shape index (κ3) is 1.49. The second kappa shape index (κ2) is 3.74. The third-order valence-electron chi connectivity index (χ3n) is 3.71. The van der Waals surface area contributed by atoms with Crippen molar-refractivity contribution < 1.29 is 4.39 Å². The van der Waals surface area contributed by atoms with Gasteiger partial charge >= 0.3 is 0 Å². The first kappa shape index (κ1) is 10.6. The fourth-order valence-corrected chi connectivity index (χ4v) is 4.44. The molecule has 1 spiro atoms. The molecule has 0 saturated carbocycles. The normalized spacial score (nSPS) is 32.2. The fourth-order valence-electron chi connectivity index (χ4n) is 2.78. The van der Waals surface area contributed by atoms with Crippen LogP contribution in [0.4, 0.5) is 4.39 Å². The van der Waals surface area contributed by atoms with Crippen molar-refractivity contribution in [1.29, 1.82) is 0 Å². The molecule has 0 bridgehead atoms. The molecule has 1 heterocycles. The first-order valence-corrected chi connectivity index (χ1v) is 6.92. The summed E-state index contributed by atoms with van der Waals surface area (Å²) in [6, 6.07) is 5.87. The van der Waals surface area contributed by atoms with Crippen LogP contribution >= 0.6 is 11.8 Å². The molecule has 16 heavy (non-hydrogen) atoms. The van der Waals surface area contributed by atoms with Crippen molar-refractivity contribution in [2.24, 2.45) is 0 Å². The summed E-state index contributed by atoms with van der Waals surface area (Å²) >= 11 is 2.00. The van der Waals surface area contributed by atoms with E-state index in [-0.39, 0.29) is 10.7 Å². The molecule has 1 aliphatic carbocycles. The van der Waals surface area contributed by atoms with Crippen LogP contribution in [0.1, 0.15) is 30.9 Å². The molecule has 3 heteroatoms. The van der Waals surface area contributed by atoms with Crippen LogP contribution in [0.5, 0.6) is 0 Å². The van der Waals surface area contributed by atoms with E-state index in [2.05, 4.69) is 12.2 Å². The number of aryl methyl sites for hydroxylation is 1. The van der Waals surface area contributed by atoms with Gasteiger partial charge in [0.15, 0.2) is 0 Å². The molecular formula is C13H16FNS. The van der Waals surface area contributed by atoms with Crippen LogP contribution in [0.25, 0.3) is 0 Å². The summed E-state index contributed by atoms with van der Waals surface area (Å²) < 4.78 is 13.2. The molecular weight excluding hydrogens is 221 g/mol. The molecule has 2 unspecified atom stereocenters. The zero-order chi connectivity index (χ0) is 11.2. The van der Waals surface area contributed by atoms with Crippen LogP contribution in [0, 0.1) is 5.82 Å². The van der Waals surface area contributed by atoms with Gasteiger partial charge in [0.05, 0.1) is 4.87 Å². The van der Waals surface area contributed by atoms with Gasteiger partial charge in [0.25, 0.3) is 0 Å². The minimum atomic E-state index is -0.106. The van der Waals surface area contributed by atoms with Gasteiger partial charge in [-0.15, -0.1) is 11.8 Å². The molecule has 1 saturated heterocycles. The minimum Gasteiger partial charge on any atom is -0.295 e. The van der Waals surface area contributed by atoms with Crippen molar-refractivity contribution in [2.75, 3.05) is 5.75 Å². The SMILES string of the molecule is CCC1CSC2(CCc3cc(F)ccc32)N1. The Hall–Kier alpha value is -0.540. The van der Waals surface area contributed by atoms with E-state index in [0.29, 0.717) is 6.04 Å². The van der Waals surface area contributed by atoms with Crippen LogP contribution in [0.2, 0.25) is 0 Å². The fraction of sp³-hybridized carbons (Fsp3) is 0.538. The maximum absolute atomic E-state index is 13.2. The molecule has 1 nitrogen and oxygen atoms in total. The Labute approximate surface area is 99.8 Å². The highest BCUT2D eigenvalue weighted by molar-refractivity contribution is 8.00. The number of thioether (sulfide) groups is 1. The molecule has 1 aliphatic heterocycles. The van der Waals surface area contributed by atoms with E-state index < -0.39 is 0 Å². The summed E-state index contributed by atoms with van der Waals surface area (Å²) in [6.07, 6.45) is 3.28.